The summed E-state index contributed by atoms with van der Waals surface area (Å²) in [6.45, 7) is 0. The summed E-state index contributed by atoms with van der Waals surface area (Å²) < 4.78 is 34.1. The maximum Gasteiger partial charge on any atom is 0.305 e. The van der Waals surface area contributed by atoms with Crippen LogP contribution < -0.4 is 4.72 Å². The van der Waals surface area contributed by atoms with Crippen LogP contribution >= 0.6 is 15.9 Å². The SMILES string of the molecule is COC(=O)CCCC=C(c1cccnc1)c1ccc2c(c1)CC(NS(=O)(=O)c1ccc(Br)cc1)C2. The number of carbonyl (C=O) groups excluding carboxylic acids is 1. The van der Waals surface area contributed by atoms with Crippen molar-refractivity contribution >= 4 is 37.5 Å². The Labute approximate surface area is 214 Å². The number of unbranched alkanes of at least 4 members (excludes halogenated alkanes) is 1. The highest BCUT2D eigenvalue weighted by atomic mass is 79.9. The number of benzene rings is 2. The normalized spacial score (nSPS) is 15.6. The standard InChI is InChI=1S/C27H27BrN2O4S/c1-34-27(31)7-3-2-6-26(21-5-4-14-29-18-21)20-9-8-19-16-24(17-22(19)15-20)30-35(32,33)25-12-10-23(28)11-13-25/h4-6,8-15,18,24,30H,2-3,7,16-17H2,1H3. The highest BCUT2D eigenvalue weighted by Gasteiger charge is 2.27. The zero-order valence-electron chi connectivity index (χ0n) is 19.4. The van der Waals surface area contributed by atoms with Gasteiger partial charge in [-0.15, -0.1) is 0 Å². The minimum absolute atomic E-state index is 0.195. The van der Waals surface area contributed by atoms with E-state index in [-0.39, 0.29) is 16.9 Å². The van der Waals surface area contributed by atoms with E-state index in [9.17, 15) is 13.2 Å². The largest absolute Gasteiger partial charge is 0.469 e. The Morgan fingerprint density at radius 3 is 2.60 bits per heavy atom. The van der Waals surface area contributed by atoms with Crippen LogP contribution in [0.5, 0.6) is 0 Å². The average molecular weight is 555 g/mol. The van der Waals surface area contributed by atoms with Gasteiger partial charge >= 0.3 is 5.97 Å². The summed E-state index contributed by atoms with van der Waals surface area (Å²) in [5.41, 5.74) is 5.37. The van der Waals surface area contributed by atoms with Crippen LogP contribution in [-0.4, -0.2) is 32.5 Å². The van der Waals surface area contributed by atoms with Gasteiger partial charge in [0.15, 0.2) is 0 Å². The van der Waals surface area contributed by atoms with Gasteiger partial charge in [-0.3, -0.25) is 9.78 Å². The quantitative estimate of drug-likeness (QED) is 0.295. The third-order valence-corrected chi connectivity index (χ3v) is 8.09. The summed E-state index contributed by atoms with van der Waals surface area (Å²) in [6.07, 6.45) is 8.77. The van der Waals surface area contributed by atoms with Crippen LogP contribution in [0.4, 0.5) is 0 Å². The zero-order valence-corrected chi connectivity index (χ0v) is 21.8. The summed E-state index contributed by atoms with van der Waals surface area (Å²) >= 11 is 3.34. The first-order chi connectivity index (χ1) is 16.9. The summed E-state index contributed by atoms with van der Waals surface area (Å²) in [5.74, 6) is -0.213. The van der Waals surface area contributed by atoms with Crippen LogP contribution in [-0.2, 0) is 32.4 Å². The summed E-state index contributed by atoms with van der Waals surface area (Å²) in [6, 6.07) is 16.7. The lowest BCUT2D eigenvalue weighted by atomic mass is 9.95. The van der Waals surface area contributed by atoms with E-state index in [4.69, 9.17) is 4.74 Å². The Hall–Kier alpha value is -2.81. The van der Waals surface area contributed by atoms with Crippen LogP contribution in [0.3, 0.4) is 0 Å². The molecule has 0 radical (unpaired) electrons. The van der Waals surface area contributed by atoms with Crippen LogP contribution in [0.25, 0.3) is 5.57 Å². The molecule has 0 amide bonds. The molecule has 182 valence electrons. The number of sulfonamides is 1. The molecule has 1 aromatic heterocycles. The van der Waals surface area contributed by atoms with Crippen LogP contribution in [0, 0.1) is 0 Å². The second-order valence-corrected chi connectivity index (χ2v) is 11.1. The van der Waals surface area contributed by atoms with Gasteiger partial charge in [0, 0.05) is 34.9 Å². The smallest absolute Gasteiger partial charge is 0.305 e. The van der Waals surface area contributed by atoms with Crippen LogP contribution in [0.15, 0.2) is 82.4 Å². The lowest BCUT2D eigenvalue weighted by molar-refractivity contribution is -0.140. The Balaban J connectivity index is 1.52. The molecule has 1 unspecified atom stereocenters. The van der Waals surface area contributed by atoms with Gasteiger partial charge in [0.05, 0.1) is 12.0 Å². The number of esters is 1. The van der Waals surface area contributed by atoms with E-state index in [0.717, 1.165) is 38.7 Å². The molecular weight excluding hydrogens is 528 g/mol. The molecule has 6 nitrogen and oxygen atoms in total. The first-order valence-corrected chi connectivity index (χ1v) is 13.7. The Kier molecular flexibility index (Phi) is 8.15. The number of methoxy groups -OCH3 is 1. The van der Waals surface area contributed by atoms with Gasteiger partial charge in [-0.05, 0) is 78.3 Å². The molecule has 1 atom stereocenters. The van der Waals surface area contributed by atoms with E-state index in [1.807, 2.05) is 18.3 Å². The number of halogens is 1. The molecule has 1 aliphatic rings. The maximum atomic E-state index is 12.9. The Morgan fingerprint density at radius 1 is 1.11 bits per heavy atom. The van der Waals surface area contributed by atoms with Gasteiger partial charge < -0.3 is 4.74 Å². The molecule has 1 N–H and O–H groups in total. The summed E-state index contributed by atoms with van der Waals surface area (Å²) in [5, 5.41) is 0. The number of hydrogen-bond acceptors (Lipinski definition) is 5. The fraction of sp³-hybridized carbons (Fsp3) is 0.259. The molecule has 0 bridgehead atoms. The zero-order chi connectivity index (χ0) is 24.8. The monoisotopic (exact) mass is 554 g/mol. The number of carbonyl (C=O) groups is 1. The fourth-order valence-corrected chi connectivity index (χ4v) is 5.79. The van der Waals surface area contributed by atoms with Crippen molar-refractivity contribution < 1.29 is 17.9 Å². The van der Waals surface area contributed by atoms with Crippen LogP contribution in [0.1, 0.15) is 41.5 Å². The number of pyridine rings is 1. The Bertz CT molecular complexity index is 1320. The third kappa shape index (κ3) is 6.45. The molecule has 0 spiro atoms. The minimum Gasteiger partial charge on any atom is -0.469 e. The molecule has 2 aromatic carbocycles. The van der Waals surface area contributed by atoms with E-state index in [1.54, 1.807) is 30.5 Å². The van der Waals surface area contributed by atoms with E-state index >= 15 is 0 Å². The number of nitrogens with zero attached hydrogens (tertiary/aromatic N) is 1. The molecule has 1 aliphatic carbocycles. The average Bonchev–Trinajstić information content (AvgIpc) is 3.25. The van der Waals surface area contributed by atoms with Gasteiger partial charge in [0.25, 0.3) is 0 Å². The van der Waals surface area contributed by atoms with Gasteiger partial charge in [-0.25, -0.2) is 13.1 Å². The van der Waals surface area contributed by atoms with Crippen molar-refractivity contribution in [2.24, 2.45) is 0 Å². The summed E-state index contributed by atoms with van der Waals surface area (Å²) in [7, 11) is -2.20. The van der Waals surface area contributed by atoms with Crippen molar-refractivity contribution in [2.75, 3.05) is 7.11 Å². The molecular formula is C27H27BrN2O4S. The predicted molar refractivity (Wildman–Crippen MR) is 139 cm³/mol. The molecule has 3 aromatic rings. The molecule has 0 saturated carbocycles. The lowest BCUT2D eigenvalue weighted by Crippen LogP contribution is -2.35. The van der Waals surface area contributed by atoms with Crippen molar-refractivity contribution in [3.05, 3.63) is 99.8 Å². The lowest BCUT2D eigenvalue weighted by Gasteiger charge is -2.12. The predicted octanol–water partition coefficient (Wildman–Crippen LogP) is 5.06. The third-order valence-electron chi connectivity index (χ3n) is 6.03. The van der Waals surface area contributed by atoms with Gasteiger partial charge in [-0.1, -0.05) is 46.3 Å². The molecule has 0 saturated heterocycles. The molecule has 0 fully saturated rings. The minimum atomic E-state index is -3.60. The number of aromatic nitrogens is 1. The number of ether oxygens (including phenoxy) is 1. The van der Waals surface area contributed by atoms with Crippen molar-refractivity contribution in [3.63, 3.8) is 0 Å². The highest BCUT2D eigenvalue weighted by molar-refractivity contribution is 9.10. The van der Waals surface area contributed by atoms with Gasteiger partial charge in [-0.2, -0.15) is 0 Å². The van der Waals surface area contributed by atoms with E-state index in [2.05, 4.69) is 49.9 Å². The van der Waals surface area contributed by atoms with Crippen molar-refractivity contribution in [3.8, 4) is 0 Å². The molecule has 8 heteroatoms. The highest BCUT2D eigenvalue weighted by Crippen LogP contribution is 2.30. The number of rotatable bonds is 9. The fourth-order valence-electron chi connectivity index (χ4n) is 4.29. The van der Waals surface area contributed by atoms with E-state index in [0.29, 0.717) is 25.7 Å². The molecule has 1 heterocycles. The number of allylic oxidation sites excluding steroid dienone is 1. The first kappa shape index (κ1) is 25.3. The topological polar surface area (TPSA) is 85.4 Å². The van der Waals surface area contributed by atoms with Crippen LogP contribution in [0.2, 0.25) is 0 Å². The van der Waals surface area contributed by atoms with Crippen molar-refractivity contribution in [1.29, 1.82) is 0 Å². The second kappa shape index (κ2) is 11.3. The second-order valence-electron chi connectivity index (χ2n) is 8.49. The maximum absolute atomic E-state index is 12.9. The van der Waals surface area contributed by atoms with Gasteiger partial charge in [0.1, 0.15) is 0 Å². The molecule has 4 rings (SSSR count). The number of hydrogen-bond donors (Lipinski definition) is 1. The molecule has 35 heavy (non-hydrogen) atoms. The van der Waals surface area contributed by atoms with Crippen molar-refractivity contribution in [1.82, 2.24) is 9.71 Å². The van der Waals surface area contributed by atoms with E-state index < -0.39 is 10.0 Å². The Morgan fingerprint density at radius 2 is 1.89 bits per heavy atom. The first-order valence-electron chi connectivity index (χ1n) is 11.4. The number of fused-ring (bicyclic) bond motifs is 1. The summed E-state index contributed by atoms with van der Waals surface area (Å²) in [4.78, 5) is 16.0. The van der Waals surface area contributed by atoms with E-state index in [1.165, 1.54) is 7.11 Å². The van der Waals surface area contributed by atoms with Crippen molar-refractivity contribution in [2.45, 2.75) is 43.0 Å². The number of nitrogens with one attached hydrogen (secondary N) is 1. The molecule has 0 aliphatic heterocycles. The van der Waals surface area contributed by atoms with Gasteiger partial charge in [0.2, 0.25) is 10.0 Å².